The molecule has 2 rings (SSSR count). The van der Waals surface area contributed by atoms with Gasteiger partial charge in [-0.2, -0.15) is 0 Å². The maximum atomic E-state index is 9.26. The van der Waals surface area contributed by atoms with Crippen molar-refractivity contribution >= 4 is 29.9 Å². The zero-order valence-electron chi connectivity index (χ0n) is 15.8. The monoisotopic (exact) mass is 485 g/mol. The smallest absolute Gasteiger partial charge is 0.188 e. The maximum Gasteiger partial charge on any atom is 0.188 e. The number of phenolic OH excluding ortho intramolecular Hbond substituents is 1. The van der Waals surface area contributed by atoms with Crippen LogP contribution in [0.4, 0.5) is 0 Å². The van der Waals surface area contributed by atoms with Gasteiger partial charge in [0.25, 0.3) is 0 Å². The summed E-state index contributed by atoms with van der Waals surface area (Å²) in [5.41, 5.74) is 8.21. The van der Waals surface area contributed by atoms with E-state index in [0.29, 0.717) is 19.0 Å². The molecule has 0 saturated carbocycles. The van der Waals surface area contributed by atoms with Crippen LogP contribution in [-0.4, -0.2) is 38.4 Å². The molecule has 0 aromatic heterocycles. The Bertz CT molecular complexity index is 721. The number of guanidine groups is 1. The molecule has 0 aliphatic heterocycles. The van der Waals surface area contributed by atoms with Crippen molar-refractivity contribution < 1.29 is 14.6 Å². The molecule has 0 atom stereocenters. The molecule has 0 bridgehead atoms. The Kier molecular flexibility index (Phi) is 10.4. The molecule has 2 aromatic rings. The van der Waals surface area contributed by atoms with Crippen LogP contribution in [0.5, 0.6) is 17.2 Å². The lowest BCUT2D eigenvalue weighted by Gasteiger charge is -2.10. The van der Waals surface area contributed by atoms with Crippen LogP contribution in [0, 0.1) is 0 Å². The summed E-state index contributed by atoms with van der Waals surface area (Å²) in [5, 5.41) is 12.4. The average molecular weight is 485 g/mol. The van der Waals surface area contributed by atoms with Gasteiger partial charge in [0.1, 0.15) is 5.75 Å². The van der Waals surface area contributed by atoms with Crippen LogP contribution in [0.25, 0.3) is 0 Å². The van der Waals surface area contributed by atoms with Crippen molar-refractivity contribution in [2.45, 2.75) is 19.3 Å². The van der Waals surface area contributed by atoms with Gasteiger partial charge in [0, 0.05) is 13.1 Å². The molecule has 2 aromatic carbocycles. The fourth-order valence-corrected chi connectivity index (χ4v) is 2.57. The number of phenols is 1. The number of aliphatic imine (C=N–C) groups is 1. The van der Waals surface area contributed by atoms with Crippen molar-refractivity contribution in [3.8, 4) is 17.2 Å². The van der Waals surface area contributed by atoms with E-state index in [1.807, 2.05) is 30.3 Å². The molecule has 4 N–H and O–H groups in total. The van der Waals surface area contributed by atoms with Crippen molar-refractivity contribution in [3.63, 3.8) is 0 Å². The number of benzene rings is 2. The second kappa shape index (κ2) is 12.3. The zero-order valence-corrected chi connectivity index (χ0v) is 18.1. The highest BCUT2D eigenvalue weighted by atomic mass is 127. The number of nitrogens with zero attached hydrogens (tertiary/aromatic N) is 1. The first kappa shape index (κ1) is 22.9. The zero-order chi connectivity index (χ0) is 18.8. The van der Waals surface area contributed by atoms with Crippen LogP contribution in [0.15, 0.2) is 47.5 Å². The van der Waals surface area contributed by atoms with Crippen molar-refractivity contribution in [3.05, 3.63) is 53.6 Å². The molecule has 0 unspecified atom stereocenters. The van der Waals surface area contributed by atoms with Crippen LogP contribution in [0.2, 0.25) is 0 Å². The van der Waals surface area contributed by atoms with E-state index in [1.54, 1.807) is 26.4 Å². The number of hydrogen-bond acceptors (Lipinski definition) is 4. The van der Waals surface area contributed by atoms with Gasteiger partial charge in [-0.3, -0.25) is 4.99 Å². The molecule has 0 radical (unpaired) electrons. The van der Waals surface area contributed by atoms with Crippen LogP contribution in [0.3, 0.4) is 0 Å². The number of methoxy groups -OCH3 is 2. The number of hydrogen-bond donors (Lipinski definition) is 3. The number of aromatic hydroxyl groups is 1. The summed E-state index contributed by atoms with van der Waals surface area (Å²) < 4.78 is 10.5. The molecule has 148 valence electrons. The van der Waals surface area contributed by atoms with Gasteiger partial charge >= 0.3 is 0 Å². The van der Waals surface area contributed by atoms with E-state index in [0.717, 1.165) is 36.3 Å². The van der Waals surface area contributed by atoms with E-state index in [1.165, 1.54) is 5.56 Å². The summed E-state index contributed by atoms with van der Waals surface area (Å²) >= 11 is 0. The minimum Gasteiger partial charge on any atom is -0.508 e. The van der Waals surface area contributed by atoms with Gasteiger partial charge < -0.3 is 25.6 Å². The number of rotatable bonds is 9. The lowest BCUT2D eigenvalue weighted by Crippen LogP contribution is -2.33. The summed E-state index contributed by atoms with van der Waals surface area (Å²) in [6.07, 6.45) is 2.62. The van der Waals surface area contributed by atoms with Gasteiger partial charge in [-0.1, -0.05) is 18.2 Å². The van der Waals surface area contributed by atoms with Crippen molar-refractivity contribution in [2.24, 2.45) is 10.7 Å². The summed E-state index contributed by atoms with van der Waals surface area (Å²) in [7, 11) is 3.25. The second-order valence-electron chi connectivity index (χ2n) is 5.90. The van der Waals surface area contributed by atoms with Crippen LogP contribution >= 0.6 is 24.0 Å². The van der Waals surface area contributed by atoms with Crippen LogP contribution in [-0.2, 0) is 12.8 Å². The predicted octanol–water partition coefficient (Wildman–Crippen LogP) is 3.11. The highest BCUT2D eigenvalue weighted by molar-refractivity contribution is 14.0. The molecule has 0 saturated heterocycles. The fourth-order valence-electron chi connectivity index (χ4n) is 2.57. The molecular formula is C20H28IN3O3. The molecule has 7 heteroatoms. The first-order valence-corrected chi connectivity index (χ1v) is 8.65. The summed E-state index contributed by atoms with van der Waals surface area (Å²) in [5.74, 6) is 2.19. The number of nitrogens with two attached hydrogens (primary N) is 1. The summed E-state index contributed by atoms with van der Waals surface area (Å²) in [6, 6.07) is 13.1. The number of halogens is 1. The Morgan fingerprint density at radius 3 is 2.33 bits per heavy atom. The van der Waals surface area contributed by atoms with E-state index in [-0.39, 0.29) is 29.7 Å². The van der Waals surface area contributed by atoms with Gasteiger partial charge in [-0.05, 0) is 54.7 Å². The Morgan fingerprint density at radius 1 is 1.00 bits per heavy atom. The molecule has 27 heavy (non-hydrogen) atoms. The van der Waals surface area contributed by atoms with Crippen LogP contribution in [0.1, 0.15) is 17.5 Å². The summed E-state index contributed by atoms with van der Waals surface area (Å²) in [6.45, 7) is 1.36. The van der Waals surface area contributed by atoms with Gasteiger partial charge in [0.15, 0.2) is 17.5 Å². The SMILES string of the molecule is COc1ccc(CCNC(N)=NCCCc2ccc(O)cc2)cc1OC.I. The highest BCUT2D eigenvalue weighted by Gasteiger charge is 2.04. The minimum absolute atomic E-state index is 0. The van der Waals surface area contributed by atoms with E-state index >= 15 is 0 Å². The number of ether oxygens (including phenoxy) is 2. The Hall–Kier alpha value is -2.16. The Labute approximate surface area is 177 Å². The summed E-state index contributed by atoms with van der Waals surface area (Å²) in [4.78, 5) is 4.34. The minimum atomic E-state index is 0. The highest BCUT2D eigenvalue weighted by Crippen LogP contribution is 2.27. The second-order valence-corrected chi connectivity index (χ2v) is 5.90. The first-order chi connectivity index (χ1) is 12.6. The fraction of sp³-hybridized carbons (Fsp3) is 0.350. The predicted molar refractivity (Wildman–Crippen MR) is 120 cm³/mol. The van der Waals surface area contributed by atoms with Crippen molar-refractivity contribution in [1.29, 1.82) is 0 Å². The largest absolute Gasteiger partial charge is 0.508 e. The van der Waals surface area contributed by atoms with Gasteiger partial charge in [-0.25, -0.2) is 0 Å². The quantitative estimate of drug-likeness (QED) is 0.220. The van der Waals surface area contributed by atoms with Gasteiger partial charge in [0.2, 0.25) is 0 Å². The maximum absolute atomic E-state index is 9.26. The molecule has 0 spiro atoms. The Morgan fingerprint density at radius 2 is 1.67 bits per heavy atom. The third-order valence-corrected chi connectivity index (χ3v) is 4.01. The standard InChI is InChI=1S/C20H27N3O3.HI/c1-25-18-10-7-16(14-19(18)26-2)11-13-23-20(21)22-12-3-4-15-5-8-17(24)9-6-15;/h5-10,14,24H,3-4,11-13H2,1-2H3,(H3,21,22,23);1H. The molecule has 0 heterocycles. The van der Waals surface area contributed by atoms with Gasteiger partial charge in [0.05, 0.1) is 14.2 Å². The molecular weight excluding hydrogens is 457 g/mol. The molecule has 0 aliphatic carbocycles. The van der Waals surface area contributed by atoms with E-state index in [2.05, 4.69) is 10.3 Å². The van der Waals surface area contributed by atoms with E-state index < -0.39 is 0 Å². The van der Waals surface area contributed by atoms with Gasteiger partial charge in [-0.15, -0.1) is 24.0 Å². The lowest BCUT2D eigenvalue weighted by molar-refractivity contribution is 0.354. The van der Waals surface area contributed by atoms with Crippen LogP contribution < -0.4 is 20.5 Å². The molecule has 0 aliphatic rings. The average Bonchev–Trinajstić information content (AvgIpc) is 2.66. The first-order valence-electron chi connectivity index (χ1n) is 8.65. The van der Waals surface area contributed by atoms with E-state index in [4.69, 9.17) is 15.2 Å². The number of nitrogens with one attached hydrogen (secondary N) is 1. The molecule has 0 fully saturated rings. The number of aryl methyl sites for hydroxylation is 1. The lowest BCUT2D eigenvalue weighted by atomic mass is 10.1. The Balaban J connectivity index is 0.00000364. The third kappa shape index (κ3) is 7.94. The molecule has 0 amide bonds. The van der Waals surface area contributed by atoms with E-state index in [9.17, 15) is 5.11 Å². The third-order valence-electron chi connectivity index (χ3n) is 4.01. The topological polar surface area (TPSA) is 89.1 Å². The van der Waals surface area contributed by atoms with Crippen molar-refractivity contribution in [1.82, 2.24) is 5.32 Å². The van der Waals surface area contributed by atoms with Crippen molar-refractivity contribution in [2.75, 3.05) is 27.3 Å². The normalized spacial score (nSPS) is 10.8. The molecule has 6 nitrogen and oxygen atoms in total.